The lowest BCUT2D eigenvalue weighted by atomic mass is 10.1. The van der Waals surface area contributed by atoms with Gasteiger partial charge in [0.25, 0.3) is 5.56 Å². The molecule has 0 spiro atoms. The van der Waals surface area contributed by atoms with E-state index in [9.17, 15) is 4.79 Å². The van der Waals surface area contributed by atoms with Crippen molar-refractivity contribution in [2.45, 2.75) is 39.3 Å². The highest BCUT2D eigenvalue weighted by Crippen LogP contribution is 2.21. The van der Waals surface area contributed by atoms with Crippen LogP contribution in [0.15, 0.2) is 17.1 Å². The lowest BCUT2D eigenvalue weighted by Crippen LogP contribution is -2.48. The molecule has 0 saturated carbocycles. The van der Waals surface area contributed by atoms with E-state index in [0.717, 1.165) is 31.0 Å². The minimum atomic E-state index is -0.188. The van der Waals surface area contributed by atoms with Gasteiger partial charge in [0.15, 0.2) is 0 Å². The topological polar surface area (TPSA) is 47.4 Å². The van der Waals surface area contributed by atoms with E-state index in [1.165, 1.54) is 0 Å². The van der Waals surface area contributed by atoms with Crippen LogP contribution in [0.1, 0.15) is 27.2 Å². The molecule has 1 fully saturated rings. The zero-order valence-corrected chi connectivity index (χ0v) is 14.0. The van der Waals surface area contributed by atoms with E-state index < -0.39 is 0 Å². The number of anilines is 1. The SMILES string of the molecule is CCC(CS)Cn1ncc(N2CCOC(C)(C)C2)cc1=O. The van der Waals surface area contributed by atoms with Crippen molar-refractivity contribution >= 4 is 18.3 Å². The third-order valence-electron chi connectivity index (χ3n) is 3.91. The fourth-order valence-electron chi connectivity index (χ4n) is 2.53. The third-order valence-corrected chi connectivity index (χ3v) is 4.43. The van der Waals surface area contributed by atoms with Crippen molar-refractivity contribution in [2.24, 2.45) is 5.92 Å². The van der Waals surface area contributed by atoms with Crippen molar-refractivity contribution in [3.05, 3.63) is 22.6 Å². The molecule has 1 aliphatic heterocycles. The van der Waals surface area contributed by atoms with Gasteiger partial charge in [0.2, 0.25) is 0 Å². The van der Waals surface area contributed by atoms with Gasteiger partial charge in [0.1, 0.15) is 0 Å². The molecule has 1 atom stereocenters. The molecule has 5 nitrogen and oxygen atoms in total. The summed E-state index contributed by atoms with van der Waals surface area (Å²) < 4.78 is 7.24. The van der Waals surface area contributed by atoms with Crippen LogP contribution < -0.4 is 10.5 Å². The molecule has 0 radical (unpaired) electrons. The van der Waals surface area contributed by atoms with Crippen LogP contribution >= 0.6 is 12.6 Å². The highest BCUT2D eigenvalue weighted by molar-refractivity contribution is 7.80. The van der Waals surface area contributed by atoms with Gasteiger partial charge >= 0.3 is 0 Å². The Morgan fingerprint density at radius 1 is 1.52 bits per heavy atom. The largest absolute Gasteiger partial charge is 0.372 e. The molecule has 0 amide bonds. The molecule has 1 aliphatic rings. The monoisotopic (exact) mass is 311 g/mol. The highest BCUT2D eigenvalue weighted by atomic mass is 32.1. The molecule has 0 N–H and O–H groups in total. The maximum atomic E-state index is 12.2. The number of hydrogen-bond donors (Lipinski definition) is 1. The first kappa shape index (κ1) is 16.4. The van der Waals surface area contributed by atoms with Crippen LogP contribution in [-0.2, 0) is 11.3 Å². The molecule has 0 aliphatic carbocycles. The zero-order chi connectivity index (χ0) is 15.5. The number of ether oxygens (including phenoxy) is 1. The van der Waals surface area contributed by atoms with Gasteiger partial charge in [-0.2, -0.15) is 17.7 Å². The normalized spacial score (nSPS) is 19.5. The molecule has 0 aromatic carbocycles. The summed E-state index contributed by atoms with van der Waals surface area (Å²) in [6.45, 7) is 9.10. The standard InChI is InChI=1S/C15H25N3O2S/c1-4-12(10-21)9-18-14(19)7-13(8-16-18)17-5-6-20-15(2,3)11-17/h7-8,12,21H,4-6,9-11H2,1-3H3. The molecule has 1 unspecified atom stereocenters. The zero-order valence-electron chi connectivity index (χ0n) is 13.1. The second kappa shape index (κ2) is 6.83. The maximum Gasteiger partial charge on any atom is 0.268 e. The molecule has 1 saturated heterocycles. The van der Waals surface area contributed by atoms with Crippen molar-refractivity contribution in [2.75, 3.05) is 30.3 Å². The summed E-state index contributed by atoms with van der Waals surface area (Å²) in [6.07, 6.45) is 2.78. The Bertz CT molecular complexity index is 526. The van der Waals surface area contributed by atoms with E-state index >= 15 is 0 Å². The molecule has 1 aromatic heterocycles. The second-order valence-electron chi connectivity index (χ2n) is 6.22. The minimum absolute atomic E-state index is 0.0444. The smallest absolute Gasteiger partial charge is 0.268 e. The Morgan fingerprint density at radius 3 is 2.86 bits per heavy atom. The third kappa shape index (κ3) is 4.23. The first-order valence-corrected chi connectivity index (χ1v) is 8.15. The van der Waals surface area contributed by atoms with Crippen LogP contribution in [-0.4, -0.2) is 40.8 Å². The number of rotatable bonds is 5. The summed E-state index contributed by atoms with van der Waals surface area (Å²) in [5.74, 6) is 1.15. The van der Waals surface area contributed by atoms with E-state index in [-0.39, 0.29) is 11.2 Å². The minimum Gasteiger partial charge on any atom is -0.372 e. The Balaban J connectivity index is 2.13. The molecule has 1 aromatic rings. The van der Waals surface area contributed by atoms with Crippen LogP contribution in [0.5, 0.6) is 0 Å². The van der Waals surface area contributed by atoms with Gasteiger partial charge in [-0.15, -0.1) is 0 Å². The molecule has 2 rings (SSSR count). The van der Waals surface area contributed by atoms with Gasteiger partial charge in [-0.05, 0) is 25.5 Å². The highest BCUT2D eigenvalue weighted by Gasteiger charge is 2.27. The van der Waals surface area contributed by atoms with Crippen molar-refractivity contribution in [1.29, 1.82) is 0 Å². The number of morpholine rings is 1. The van der Waals surface area contributed by atoms with Crippen molar-refractivity contribution in [3.8, 4) is 0 Å². The van der Waals surface area contributed by atoms with Crippen molar-refractivity contribution in [1.82, 2.24) is 9.78 Å². The predicted molar refractivity (Wildman–Crippen MR) is 88.4 cm³/mol. The maximum absolute atomic E-state index is 12.2. The molecule has 6 heteroatoms. The first-order chi connectivity index (χ1) is 9.95. The van der Waals surface area contributed by atoms with Crippen molar-refractivity contribution in [3.63, 3.8) is 0 Å². The lowest BCUT2D eigenvalue weighted by Gasteiger charge is -2.39. The van der Waals surface area contributed by atoms with Crippen molar-refractivity contribution < 1.29 is 4.74 Å². The summed E-state index contributed by atoms with van der Waals surface area (Å²) >= 11 is 4.32. The van der Waals surface area contributed by atoms with E-state index in [2.05, 4.69) is 43.4 Å². The average molecular weight is 311 g/mol. The quantitative estimate of drug-likeness (QED) is 0.843. The Kier molecular flexibility index (Phi) is 5.32. The molecule has 118 valence electrons. The van der Waals surface area contributed by atoms with Gasteiger partial charge in [0.05, 0.1) is 24.1 Å². The van der Waals surface area contributed by atoms with Gasteiger partial charge in [-0.1, -0.05) is 13.3 Å². The lowest BCUT2D eigenvalue weighted by molar-refractivity contribution is -0.0277. The Morgan fingerprint density at radius 2 is 2.29 bits per heavy atom. The summed E-state index contributed by atoms with van der Waals surface area (Å²) in [4.78, 5) is 14.4. The van der Waals surface area contributed by atoms with E-state index in [4.69, 9.17) is 4.74 Å². The first-order valence-electron chi connectivity index (χ1n) is 7.52. The number of nitrogens with zero attached hydrogens (tertiary/aromatic N) is 3. The summed E-state index contributed by atoms with van der Waals surface area (Å²) in [7, 11) is 0. The summed E-state index contributed by atoms with van der Waals surface area (Å²) in [5.41, 5.74) is 0.649. The van der Waals surface area contributed by atoms with E-state index in [0.29, 0.717) is 19.1 Å². The molecule has 0 bridgehead atoms. The molecule has 2 heterocycles. The molecule has 21 heavy (non-hydrogen) atoms. The fourth-order valence-corrected chi connectivity index (χ4v) is 2.91. The van der Waals surface area contributed by atoms with Gasteiger partial charge in [-0.3, -0.25) is 4.79 Å². The predicted octanol–water partition coefficient (Wildman–Crippen LogP) is 1.81. The average Bonchev–Trinajstić information content (AvgIpc) is 2.45. The molecular formula is C15H25N3O2S. The van der Waals surface area contributed by atoms with Crippen LogP contribution in [0.25, 0.3) is 0 Å². The number of thiol groups is 1. The summed E-state index contributed by atoms with van der Waals surface area (Å²) in [5, 5.41) is 4.32. The fraction of sp³-hybridized carbons (Fsp3) is 0.733. The van der Waals surface area contributed by atoms with E-state index in [1.807, 2.05) is 0 Å². The Labute approximate surface area is 131 Å². The van der Waals surface area contributed by atoms with Crippen LogP contribution in [0.4, 0.5) is 5.69 Å². The van der Waals surface area contributed by atoms with E-state index in [1.54, 1.807) is 16.9 Å². The van der Waals surface area contributed by atoms with Gasteiger partial charge < -0.3 is 9.64 Å². The van der Waals surface area contributed by atoms with Gasteiger partial charge in [0, 0.05) is 25.7 Å². The van der Waals surface area contributed by atoms with Crippen LogP contribution in [0, 0.1) is 5.92 Å². The number of hydrogen-bond acceptors (Lipinski definition) is 5. The van der Waals surface area contributed by atoms with Gasteiger partial charge in [-0.25, -0.2) is 4.68 Å². The number of aromatic nitrogens is 2. The second-order valence-corrected chi connectivity index (χ2v) is 6.59. The molecular weight excluding hydrogens is 286 g/mol. The Hall–Kier alpha value is -1.01. The van der Waals surface area contributed by atoms with Crippen LogP contribution in [0.2, 0.25) is 0 Å². The summed E-state index contributed by atoms with van der Waals surface area (Å²) in [6, 6.07) is 1.68. The van der Waals surface area contributed by atoms with Crippen LogP contribution in [0.3, 0.4) is 0 Å².